The fourth-order valence-corrected chi connectivity index (χ4v) is 3.29. The van der Waals surface area contributed by atoms with E-state index in [-0.39, 0.29) is 5.91 Å². The highest BCUT2D eigenvalue weighted by molar-refractivity contribution is 7.98. The van der Waals surface area contributed by atoms with Gasteiger partial charge >= 0.3 is 0 Å². The monoisotopic (exact) mass is 399 g/mol. The number of aromatic nitrogens is 4. The second kappa shape index (κ2) is 9.34. The number of hydrogen-bond donors (Lipinski definition) is 1. The fourth-order valence-electron chi connectivity index (χ4n) is 2.25. The van der Waals surface area contributed by atoms with Crippen LogP contribution in [0.3, 0.4) is 0 Å². The zero-order valence-corrected chi connectivity index (χ0v) is 16.2. The lowest BCUT2D eigenvalue weighted by Crippen LogP contribution is -2.22. The molecule has 6 nitrogen and oxygen atoms in total. The van der Waals surface area contributed by atoms with E-state index in [9.17, 15) is 4.79 Å². The average molecular weight is 400 g/mol. The number of rotatable bonds is 7. The number of amides is 1. The Bertz CT molecular complexity index is 942. The molecule has 3 aromatic rings. The maximum atomic E-state index is 12.0. The first-order valence-electron chi connectivity index (χ1n) is 8.25. The van der Waals surface area contributed by atoms with Gasteiger partial charge in [0.15, 0.2) is 11.0 Å². The van der Waals surface area contributed by atoms with Crippen LogP contribution in [0, 0.1) is 0 Å². The molecule has 27 heavy (non-hydrogen) atoms. The lowest BCUT2D eigenvalue weighted by molar-refractivity contribution is -0.116. The Labute approximate surface area is 166 Å². The molecule has 2 heterocycles. The van der Waals surface area contributed by atoms with E-state index >= 15 is 0 Å². The first-order chi connectivity index (χ1) is 13.1. The van der Waals surface area contributed by atoms with E-state index in [2.05, 4.69) is 20.5 Å². The van der Waals surface area contributed by atoms with Crippen LogP contribution in [0.4, 0.5) is 0 Å². The summed E-state index contributed by atoms with van der Waals surface area (Å²) in [5.41, 5.74) is 1.77. The molecule has 0 saturated carbocycles. The lowest BCUT2D eigenvalue weighted by Gasteiger charge is -2.04. The van der Waals surface area contributed by atoms with Crippen molar-refractivity contribution >= 4 is 35.3 Å². The number of benzene rings is 1. The van der Waals surface area contributed by atoms with E-state index in [1.807, 2.05) is 48.0 Å². The van der Waals surface area contributed by atoms with Gasteiger partial charge in [-0.25, -0.2) is 0 Å². The van der Waals surface area contributed by atoms with E-state index in [0.717, 1.165) is 16.4 Å². The van der Waals surface area contributed by atoms with Crippen LogP contribution in [-0.2, 0) is 24.1 Å². The molecule has 0 unspecified atom stereocenters. The molecule has 138 valence electrons. The lowest BCUT2D eigenvalue weighted by atomic mass is 10.2. The minimum atomic E-state index is -0.222. The third-order valence-corrected chi connectivity index (χ3v) is 5.14. The van der Waals surface area contributed by atoms with Gasteiger partial charge in [0.2, 0.25) is 5.91 Å². The van der Waals surface area contributed by atoms with Crippen molar-refractivity contribution in [2.75, 3.05) is 0 Å². The predicted molar refractivity (Wildman–Crippen MR) is 107 cm³/mol. The Balaban J connectivity index is 1.53. The third-order valence-electron chi connectivity index (χ3n) is 3.74. The van der Waals surface area contributed by atoms with Gasteiger partial charge in [-0.2, -0.15) is 0 Å². The van der Waals surface area contributed by atoms with Gasteiger partial charge in [-0.1, -0.05) is 47.6 Å². The molecule has 0 aliphatic carbocycles. The maximum absolute atomic E-state index is 12.0. The summed E-state index contributed by atoms with van der Waals surface area (Å²) >= 11 is 7.62. The van der Waals surface area contributed by atoms with E-state index in [1.54, 1.807) is 30.1 Å². The highest BCUT2D eigenvalue weighted by Gasteiger charge is 2.10. The Hall–Kier alpha value is -2.64. The van der Waals surface area contributed by atoms with Crippen molar-refractivity contribution in [3.05, 3.63) is 76.8 Å². The number of hydrogen-bond acceptors (Lipinski definition) is 5. The number of pyridine rings is 1. The average Bonchev–Trinajstić information content (AvgIpc) is 3.04. The molecular weight excluding hydrogens is 382 g/mol. The summed E-state index contributed by atoms with van der Waals surface area (Å²) in [5, 5.41) is 12.5. The van der Waals surface area contributed by atoms with Crippen molar-refractivity contribution in [1.29, 1.82) is 0 Å². The van der Waals surface area contributed by atoms with Gasteiger partial charge in [-0.05, 0) is 29.8 Å². The Morgan fingerprint density at radius 2 is 2.04 bits per heavy atom. The minimum Gasteiger partial charge on any atom is -0.345 e. The first-order valence-corrected chi connectivity index (χ1v) is 9.61. The molecule has 8 heteroatoms. The summed E-state index contributed by atoms with van der Waals surface area (Å²) in [6.07, 6.45) is 4.90. The number of carbonyl (C=O) groups excluding carboxylic acids is 1. The van der Waals surface area contributed by atoms with E-state index in [4.69, 9.17) is 11.6 Å². The molecular formula is C19H18ClN5OS. The van der Waals surface area contributed by atoms with Crippen molar-refractivity contribution in [2.45, 2.75) is 17.5 Å². The zero-order valence-electron chi connectivity index (χ0n) is 14.7. The van der Waals surface area contributed by atoms with Crippen LogP contribution in [0.25, 0.3) is 6.08 Å². The standard InChI is InChI=1S/C19H18ClN5OS/c1-25-17(23-24-19(25)27-13-15-7-4-5-11-21-15)12-22-18(26)10-9-14-6-2-3-8-16(14)20/h2-11H,12-13H2,1H3,(H,22,26)/b10-9+. The summed E-state index contributed by atoms with van der Waals surface area (Å²) in [6.45, 7) is 0.291. The van der Waals surface area contributed by atoms with Gasteiger partial charge in [0.05, 0.1) is 12.2 Å². The van der Waals surface area contributed by atoms with Crippen LogP contribution in [0.2, 0.25) is 5.02 Å². The van der Waals surface area contributed by atoms with Crippen molar-refractivity contribution < 1.29 is 4.79 Å². The van der Waals surface area contributed by atoms with Gasteiger partial charge in [0.1, 0.15) is 0 Å². The molecule has 0 fully saturated rings. The molecule has 1 aromatic carbocycles. The molecule has 2 aromatic heterocycles. The van der Waals surface area contributed by atoms with Crippen LogP contribution in [0.1, 0.15) is 17.1 Å². The third kappa shape index (κ3) is 5.42. The first kappa shape index (κ1) is 19.1. The molecule has 1 N–H and O–H groups in total. The van der Waals surface area contributed by atoms with E-state index in [1.165, 1.54) is 6.08 Å². The van der Waals surface area contributed by atoms with E-state index in [0.29, 0.717) is 23.1 Å². The Morgan fingerprint density at radius 1 is 1.22 bits per heavy atom. The van der Waals surface area contributed by atoms with Crippen LogP contribution in [0.15, 0.2) is 59.9 Å². The van der Waals surface area contributed by atoms with Crippen molar-refractivity contribution in [1.82, 2.24) is 25.1 Å². The van der Waals surface area contributed by atoms with Crippen molar-refractivity contribution in [3.63, 3.8) is 0 Å². The molecule has 1 amide bonds. The summed E-state index contributed by atoms with van der Waals surface area (Å²) in [6, 6.07) is 13.1. The highest BCUT2D eigenvalue weighted by Crippen LogP contribution is 2.20. The molecule has 0 aliphatic heterocycles. The molecule has 0 spiro atoms. The van der Waals surface area contributed by atoms with E-state index < -0.39 is 0 Å². The Morgan fingerprint density at radius 3 is 2.81 bits per heavy atom. The topological polar surface area (TPSA) is 72.7 Å². The summed E-state index contributed by atoms with van der Waals surface area (Å²) in [5.74, 6) is 1.17. The smallest absolute Gasteiger partial charge is 0.244 e. The van der Waals surface area contributed by atoms with Crippen LogP contribution >= 0.6 is 23.4 Å². The van der Waals surface area contributed by atoms with Crippen molar-refractivity contribution in [2.24, 2.45) is 7.05 Å². The second-order valence-electron chi connectivity index (χ2n) is 5.64. The van der Waals surface area contributed by atoms with Crippen LogP contribution in [-0.4, -0.2) is 25.7 Å². The van der Waals surface area contributed by atoms with Gasteiger partial charge in [-0.15, -0.1) is 10.2 Å². The summed E-state index contributed by atoms with van der Waals surface area (Å²) in [4.78, 5) is 16.3. The Kier molecular flexibility index (Phi) is 6.62. The molecule has 3 rings (SSSR count). The number of carbonyl (C=O) groups is 1. The predicted octanol–water partition coefficient (Wildman–Crippen LogP) is 3.49. The highest BCUT2D eigenvalue weighted by atomic mass is 35.5. The fraction of sp³-hybridized carbons (Fsp3) is 0.158. The molecule has 0 aliphatic rings. The van der Waals surface area contributed by atoms with Gasteiger partial charge in [0, 0.05) is 30.1 Å². The SMILES string of the molecule is Cn1c(CNC(=O)/C=C/c2ccccc2Cl)nnc1SCc1ccccn1. The molecule has 0 bridgehead atoms. The summed E-state index contributed by atoms with van der Waals surface area (Å²) in [7, 11) is 1.88. The van der Waals surface area contributed by atoms with Gasteiger partial charge < -0.3 is 9.88 Å². The zero-order chi connectivity index (χ0) is 19.1. The number of thioether (sulfide) groups is 1. The second-order valence-corrected chi connectivity index (χ2v) is 6.99. The van der Waals surface area contributed by atoms with Crippen molar-refractivity contribution in [3.8, 4) is 0 Å². The quantitative estimate of drug-likeness (QED) is 0.486. The van der Waals surface area contributed by atoms with Crippen LogP contribution < -0.4 is 5.32 Å². The molecule has 0 atom stereocenters. The minimum absolute atomic E-state index is 0.222. The summed E-state index contributed by atoms with van der Waals surface area (Å²) < 4.78 is 1.87. The number of halogens is 1. The van der Waals surface area contributed by atoms with Gasteiger partial charge in [0.25, 0.3) is 0 Å². The molecule has 0 saturated heterocycles. The number of nitrogens with zero attached hydrogens (tertiary/aromatic N) is 4. The maximum Gasteiger partial charge on any atom is 0.244 e. The molecule has 0 radical (unpaired) electrons. The largest absolute Gasteiger partial charge is 0.345 e. The normalized spacial score (nSPS) is 11.0. The van der Waals surface area contributed by atoms with Crippen LogP contribution in [0.5, 0.6) is 0 Å². The number of nitrogens with one attached hydrogen (secondary N) is 1. The van der Waals surface area contributed by atoms with Gasteiger partial charge in [-0.3, -0.25) is 9.78 Å².